The molecule has 0 atom stereocenters. The van der Waals surface area contributed by atoms with Gasteiger partial charge in [-0.15, -0.1) is 0 Å². The Morgan fingerprint density at radius 1 is 0.969 bits per heavy atom. The molecule has 0 bridgehead atoms. The van der Waals surface area contributed by atoms with E-state index in [9.17, 15) is 10.1 Å². The first-order valence-electron chi connectivity index (χ1n) is 10.0. The molecule has 0 aromatic heterocycles. The summed E-state index contributed by atoms with van der Waals surface area (Å²) in [5.74, 6) is 0.123. The Morgan fingerprint density at radius 2 is 1.72 bits per heavy atom. The Morgan fingerprint density at radius 3 is 2.56 bits per heavy atom. The molecule has 1 amide bonds. The van der Waals surface area contributed by atoms with Gasteiger partial charge in [0.1, 0.15) is 24.0 Å². The van der Waals surface area contributed by atoms with Crippen molar-refractivity contribution in [2.24, 2.45) is 0 Å². The van der Waals surface area contributed by atoms with Gasteiger partial charge < -0.3 is 10.1 Å². The van der Waals surface area contributed by atoms with Gasteiger partial charge in [-0.25, -0.2) is 0 Å². The quantitative estimate of drug-likeness (QED) is 0.244. The van der Waals surface area contributed by atoms with Gasteiger partial charge in [0.2, 0.25) is 0 Å². The first-order chi connectivity index (χ1) is 15.6. The van der Waals surface area contributed by atoms with E-state index in [0.717, 1.165) is 20.8 Å². The Balaban J connectivity index is 1.56. The third kappa shape index (κ3) is 5.05. The van der Waals surface area contributed by atoms with Gasteiger partial charge in [0.15, 0.2) is 0 Å². The molecule has 0 aliphatic heterocycles. The van der Waals surface area contributed by atoms with E-state index >= 15 is 0 Å². The number of hydrogen-bond donors (Lipinski definition) is 1. The van der Waals surface area contributed by atoms with Gasteiger partial charge in [-0.3, -0.25) is 4.79 Å². The van der Waals surface area contributed by atoms with Crippen LogP contribution in [0.4, 0.5) is 5.69 Å². The maximum absolute atomic E-state index is 12.6. The zero-order chi connectivity index (χ0) is 22.3. The molecule has 32 heavy (non-hydrogen) atoms. The lowest BCUT2D eigenvalue weighted by atomic mass is 10.1. The number of para-hydroxylation sites is 1. The molecule has 4 aromatic carbocycles. The number of amides is 1. The molecule has 156 valence electrons. The van der Waals surface area contributed by atoms with Crippen LogP contribution in [0.25, 0.3) is 16.8 Å². The summed E-state index contributed by atoms with van der Waals surface area (Å²) < 4.78 is 6.94. The zero-order valence-corrected chi connectivity index (χ0v) is 18.7. The van der Waals surface area contributed by atoms with Gasteiger partial charge in [-0.2, -0.15) is 5.26 Å². The van der Waals surface area contributed by atoms with E-state index in [1.165, 1.54) is 0 Å². The van der Waals surface area contributed by atoms with Gasteiger partial charge in [-0.1, -0.05) is 82.7 Å². The summed E-state index contributed by atoms with van der Waals surface area (Å²) in [4.78, 5) is 12.6. The fourth-order valence-corrected chi connectivity index (χ4v) is 3.77. The number of carbonyl (C=O) groups is 1. The molecule has 0 saturated heterocycles. The minimum atomic E-state index is -0.477. The number of nitrogens with zero attached hydrogens (tertiary/aromatic N) is 1. The van der Waals surface area contributed by atoms with Crippen LogP contribution in [0.2, 0.25) is 0 Å². The molecular formula is C27H19BrN2O2. The SMILES string of the molecule is N#C/C(=C/c1ccccc1OCc1cccc2ccccc12)C(=O)Nc1cccc(Br)c1. The van der Waals surface area contributed by atoms with Crippen molar-refractivity contribution >= 4 is 44.4 Å². The van der Waals surface area contributed by atoms with E-state index in [0.29, 0.717) is 23.6 Å². The second-order valence-electron chi connectivity index (χ2n) is 7.10. The van der Waals surface area contributed by atoms with Crippen molar-refractivity contribution in [2.75, 3.05) is 5.32 Å². The number of benzene rings is 4. The fraction of sp³-hybridized carbons (Fsp3) is 0.0370. The smallest absolute Gasteiger partial charge is 0.266 e. The van der Waals surface area contributed by atoms with Crippen LogP contribution >= 0.6 is 15.9 Å². The lowest BCUT2D eigenvalue weighted by Gasteiger charge is -2.12. The van der Waals surface area contributed by atoms with E-state index in [-0.39, 0.29) is 5.57 Å². The van der Waals surface area contributed by atoms with Gasteiger partial charge in [0.05, 0.1) is 0 Å². The minimum Gasteiger partial charge on any atom is -0.488 e. The standard InChI is InChI=1S/C27H19BrN2O2/c28-23-11-6-12-24(16-23)30-27(31)22(17-29)15-20-8-2-4-14-26(20)32-18-21-10-5-9-19-7-1-3-13-25(19)21/h1-16H,18H2,(H,30,31)/b22-15-. The number of ether oxygens (including phenoxy) is 1. The maximum atomic E-state index is 12.6. The molecule has 0 aliphatic rings. The summed E-state index contributed by atoms with van der Waals surface area (Å²) in [7, 11) is 0. The van der Waals surface area contributed by atoms with E-state index in [1.54, 1.807) is 18.2 Å². The minimum absolute atomic E-state index is 0.00816. The number of fused-ring (bicyclic) bond motifs is 1. The van der Waals surface area contributed by atoms with Crippen LogP contribution in [0.5, 0.6) is 5.75 Å². The summed E-state index contributed by atoms with van der Waals surface area (Å²) in [6, 6.07) is 30.8. The second kappa shape index (κ2) is 9.95. The highest BCUT2D eigenvalue weighted by Gasteiger charge is 2.12. The lowest BCUT2D eigenvalue weighted by molar-refractivity contribution is -0.112. The Kier molecular flexibility index (Phi) is 6.64. The average Bonchev–Trinajstić information content (AvgIpc) is 2.81. The summed E-state index contributed by atoms with van der Waals surface area (Å²) in [6.45, 7) is 0.373. The first kappa shape index (κ1) is 21.4. The summed E-state index contributed by atoms with van der Waals surface area (Å²) >= 11 is 3.37. The van der Waals surface area contributed by atoms with Crippen molar-refractivity contribution in [3.05, 3.63) is 112 Å². The van der Waals surface area contributed by atoms with Crippen molar-refractivity contribution in [3.63, 3.8) is 0 Å². The molecule has 0 unspecified atom stereocenters. The van der Waals surface area contributed by atoms with E-state index < -0.39 is 5.91 Å². The predicted octanol–water partition coefficient (Wildman–Crippen LogP) is 6.73. The van der Waals surface area contributed by atoms with E-state index in [2.05, 4.69) is 39.4 Å². The maximum Gasteiger partial charge on any atom is 0.266 e. The highest BCUT2D eigenvalue weighted by Crippen LogP contribution is 2.25. The number of halogens is 1. The predicted molar refractivity (Wildman–Crippen MR) is 131 cm³/mol. The van der Waals surface area contributed by atoms with Crippen molar-refractivity contribution in [3.8, 4) is 11.8 Å². The van der Waals surface area contributed by atoms with Gasteiger partial charge >= 0.3 is 0 Å². The van der Waals surface area contributed by atoms with Crippen molar-refractivity contribution in [1.29, 1.82) is 5.26 Å². The number of carbonyl (C=O) groups excluding carboxylic acids is 1. The van der Waals surface area contributed by atoms with E-state index in [1.807, 2.05) is 66.7 Å². The molecule has 0 fully saturated rings. The fourth-order valence-electron chi connectivity index (χ4n) is 3.37. The summed E-state index contributed by atoms with van der Waals surface area (Å²) in [6.07, 6.45) is 1.55. The number of rotatable bonds is 6. The Hall–Kier alpha value is -3.88. The third-order valence-electron chi connectivity index (χ3n) is 4.93. The van der Waals surface area contributed by atoms with Gasteiger partial charge in [0, 0.05) is 15.7 Å². The van der Waals surface area contributed by atoms with E-state index in [4.69, 9.17) is 4.74 Å². The molecule has 0 aliphatic carbocycles. The zero-order valence-electron chi connectivity index (χ0n) is 17.1. The molecule has 1 N–H and O–H groups in total. The molecule has 0 spiro atoms. The van der Waals surface area contributed by atoms with Crippen molar-refractivity contribution in [2.45, 2.75) is 6.61 Å². The molecule has 4 rings (SSSR count). The van der Waals surface area contributed by atoms with Crippen LogP contribution in [0, 0.1) is 11.3 Å². The van der Waals surface area contributed by atoms with Gasteiger partial charge in [-0.05, 0) is 46.7 Å². The largest absolute Gasteiger partial charge is 0.488 e. The van der Waals surface area contributed by atoms with Crippen LogP contribution in [-0.2, 0) is 11.4 Å². The Bertz CT molecular complexity index is 1350. The third-order valence-corrected chi connectivity index (χ3v) is 5.42. The number of nitriles is 1. The highest BCUT2D eigenvalue weighted by molar-refractivity contribution is 9.10. The average molecular weight is 483 g/mol. The summed E-state index contributed by atoms with van der Waals surface area (Å²) in [5.41, 5.74) is 2.32. The van der Waals surface area contributed by atoms with Crippen LogP contribution in [-0.4, -0.2) is 5.91 Å². The first-order valence-corrected chi connectivity index (χ1v) is 10.8. The van der Waals surface area contributed by atoms with Gasteiger partial charge in [0.25, 0.3) is 5.91 Å². The number of anilines is 1. The highest BCUT2D eigenvalue weighted by atomic mass is 79.9. The van der Waals surface area contributed by atoms with Crippen molar-refractivity contribution in [1.82, 2.24) is 0 Å². The lowest BCUT2D eigenvalue weighted by Crippen LogP contribution is -2.13. The normalized spacial score (nSPS) is 11.1. The van der Waals surface area contributed by atoms with Crippen LogP contribution in [0.15, 0.2) is 101 Å². The van der Waals surface area contributed by atoms with Crippen LogP contribution < -0.4 is 10.1 Å². The van der Waals surface area contributed by atoms with Crippen LogP contribution in [0.3, 0.4) is 0 Å². The summed E-state index contributed by atoms with van der Waals surface area (Å²) in [5, 5.41) is 14.6. The molecular weight excluding hydrogens is 464 g/mol. The second-order valence-corrected chi connectivity index (χ2v) is 8.01. The monoisotopic (exact) mass is 482 g/mol. The molecule has 0 radical (unpaired) electrons. The Labute approximate surface area is 194 Å². The van der Waals surface area contributed by atoms with Crippen molar-refractivity contribution < 1.29 is 9.53 Å². The number of hydrogen-bond acceptors (Lipinski definition) is 3. The molecule has 4 nitrogen and oxygen atoms in total. The molecule has 0 heterocycles. The molecule has 5 heteroatoms. The van der Waals surface area contributed by atoms with Crippen LogP contribution in [0.1, 0.15) is 11.1 Å². The number of nitrogens with one attached hydrogen (secondary N) is 1. The molecule has 0 saturated carbocycles. The topological polar surface area (TPSA) is 62.1 Å². The molecule has 4 aromatic rings.